The molecule has 6 nitrogen and oxygen atoms in total. The SMILES string of the molecule is C=CCCCCCN(C)C(=NCC(O)c1cc(OC)ccc1OC)NCC. The third kappa shape index (κ3) is 7.91. The van der Waals surface area contributed by atoms with Crippen LogP contribution in [0, 0.1) is 0 Å². The lowest BCUT2D eigenvalue weighted by Crippen LogP contribution is -2.39. The summed E-state index contributed by atoms with van der Waals surface area (Å²) in [5.74, 6) is 2.10. The number of aliphatic hydroxyl groups is 1. The number of allylic oxidation sites excluding steroid dienone is 1. The summed E-state index contributed by atoms with van der Waals surface area (Å²) < 4.78 is 10.6. The molecular weight excluding hydrogens is 342 g/mol. The molecule has 0 saturated carbocycles. The van der Waals surface area contributed by atoms with Gasteiger partial charge in [0.25, 0.3) is 0 Å². The van der Waals surface area contributed by atoms with Gasteiger partial charge in [0.2, 0.25) is 0 Å². The van der Waals surface area contributed by atoms with E-state index in [0.29, 0.717) is 17.1 Å². The highest BCUT2D eigenvalue weighted by Crippen LogP contribution is 2.29. The third-order valence-corrected chi connectivity index (χ3v) is 4.31. The molecule has 0 saturated heterocycles. The molecule has 1 aromatic rings. The Morgan fingerprint density at radius 2 is 2.07 bits per heavy atom. The van der Waals surface area contributed by atoms with E-state index in [9.17, 15) is 5.11 Å². The predicted molar refractivity (Wildman–Crippen MR) is 112 cm³/mol. The standard InChI is InChI=1S/C21H35N3O3/c1-6-8-9-10-11-14-24(3)21(22-7-2)23-16-19(25)18-15-17(26-4)12-13-20(18)27-5/h6,12-13,15,19,25H,1,7-11,14,16H2,2-5H3,(H,22,23). The fourth-order valence-corrected chi connectivity index (χ4v) is 2.76. The lowest BCUT2D eigenvalue weighted by Gasteiger charge is -2.23. The number of guanidine groups is 1. The molecule has 27 heavy (non-hydrogen) atoms. The van der Waals surface area contributed by atoms with E-state index < -0.39 is 6.10 Å². The van der Waals surface area contributed by atoms with E-state index in [1.165, 1.54) is 12.8 Å². The number of nitrogens with one attached hydrogen (secondary N) is 1. The number of rotatable bonds is 12. The number of aliphatic imine (C=N–C) groups is 1. The second-order valence-electron chi connectivity index (χ2n) is 6.38. The van der Waals surface area contributed by atoms with Gasteiger partial charge in [-0.2, -0.15) is 0 Å². The molecule has 2 N–H and O–H groups in total. The van der Waals surface area contributed by atoms with Crippen molar-refractivity contribution in [3.05, 3.63) is 36.4 Å². The molecule has 0 aliphatic rings. The van der Waals surface area contributed by atoms with Crippen LogP contribution in [-0.2, 0) is 0 Å². The van der Waals surface area contributed by atoms with Gasteiger partial charge in [0.15, 0.2) is 5.96 Å². The first-order chi connectivity index (χ1) is 13.1. The van der Waals surface area contributed by atoms with Crippen LogP contribution < -0.4 is 14.8 Å². The van der Waals surface area contributed by atoms with Gasteiger partial charge in [-0.05, 0) is 44.4 Å². The van der Waals surface area contributed by atoms with E-state index in [-0.39, 0.29) is 6.54 Å². The monoisotopic (exact) mass is 377 g/mol. The van der Waals surface area contributed by atoms with Crippen LogP contribution in [0.25, 0.3) is 0 Å². The molecule has 1 atom stereocenters. The number of unbranched alkanes of at least 4 members (excludes halogenated alkanes) is 3. The highest BCUT2D eigenvalue weighted by atomic mass is 16.5. The van der Waals surface area contributed by atoms with E-state index in [1.807, 2.05) is 26.1 Å². The Bertz CT molecular complexity index is 590. The van der Waals surface area contributed by atoms with Crippen LogP contribution >= 0.6 is 0 Å². The maximum absolute atomic E-state index is 10.6. The molecule has 0 fully saturated rings. The van der Waals surface area contributed by atoms with E-state index in [4.69, 9.17) is 9.47 Å². The van der Waals surface area contributed by atoms with Gasteiger partial charge < -0.3 is 24.8 Å². The van der Waals surface area contributed by atoms with Gasteiger partial charge in [0.1, 0.15) is 17.6 Å². The number of ether oxygens (including phenoxy) is 2. The molecule has 152 valence electrons. The molecule has 1 rings (SSSR count). The lowest BCUT2D eigenvalue weighted by atomic mass is 10.1. The predicted octanol–water partition coefficient (Wildman–Crippen LogP) is 3.38. The summed E-state index contributed by atoms with van der Waals surface area (Å²) in [6, 6.07) is 5.39. The molecule has 0 aromatic heterocycles. The maximum Gasteiger partial charge on any atom is 0.193 e. The molecule has 1 unspecified atom stereocenters. The van der Waals surface area contributed by atoms with Crippen molar-refractivity contribution < 1.29 is 14.6 Å². The number of nitrogens with zero attached hydrogens (tertiary/aromatic N) is 2. The molecule has 0 aliphatic heterocycles. The van der Waals surface area contributed by atoms with Gasteiger partial charge in [-0.1, -0.05) is 12.5 Å². The summed E-state index contributed by atoms with van der Waals surface area (Å²) in [7, 11) is 5.21. The number of hydrogen-bond acceptors (Lipinski definition) is 4. The zero-order valence-corrected chi connectivity index (χ0v) is 17.2. The normalized spacial score (nSPS) is 12.4. The highest BCUT2D eigenvalue weighted by Gasteiger charge is 2.15. The van der Waals surface area contributed by atoms with E-state index in [0.717, 1.165) is 31.9 Å². The molecule has 6 heteroatoms. The van der Waals surface area contributed by atoms with Crippen molar-refractivity contribution in [2.24, 2.45) is 4.99 Å². The smallest absolute Gasteiger partial charge is 0.193 e. The molecule has 0 amide bonds. The van der Waals surface area contributed by atoms with Gasteiger partial charge in [-0.3, -0.25) is 4.99 Å². The topological polar surface area (TPSA) is 66.3 Å². The quantitative estimate of drug-likeness (QED) is 0.253. The zero-order chi connectivity index (χ0) is 20.1. The third-order valence-electron chi connectivity index (χ3n) is 4.31. The lowest BCUT2D eigenvalue weighted by molar-refractivity contribution is 0.181. The van der Waals surface area contributed by atoms with Crippen molar-refractivity contribution in [3.8, 4) is 11.5 Å². The van der Waals surface area contributed by atoms with Crippen LogP contribution in [0.3, 0.4) is 0 Å². The van der Waals surface area contributed by atoms with Crippen molar-refractivity contribution in [1.82, 2.24) is 10.2 Å². The van der Waals surface area contributed by atoms with Gasteiger partial charge in [0.05, 0.1) is 20.8 Å². The minimum absolute atomic E-state index is 0.243. The van der Waals surface area contributed by atoms with Crippen LogP contribution in [0.2, 0.25) is 0 Å². The van der Waals surface area contributed by atoms with Gasteiger partial charge in [0, 0.05) is 25.7 Å². The minimum Gasteiger partial charge on any atom is -0.497 e. The van der Waals surface area contributed by atoms with Gasteiger partial charge in [-0.15, -0.1) is 6.58 Å². The first-order valence-electron chi connectivity index (χ1n) is 9.57. The second kappa shape index (κ2) is 13.0. The zero-order valence-electron chi connectivity index (χ0n) is 17.2. The summed E-state index contributed by atoms with van der Waals surface area (Å²) in [6.07, 6.45) is 5.68. The fraction of sp³-hybridized carbons (Fsp3) is 0.571. The van der Waals surface area contributed by atoms with Crippen molar-refractivity contribution in [2.75, 3.05) is 40.9 Å². The van der Waals surface area contributed by atoms with Crippen LogP contribution in [0.1, 0.15) is 44.3 Å². The molecule has 0 aliphatic carbocycles. The number of benzene rings is 1. The van der Waals surface area contributed by atoms with E-state index >= 15 is 0 Å². The molecule has 1 aromatic carbocycles. The summed E-state index contributed by atoms with van der Waals surface area (Å²) in [4.78, 5) is 6.71. The summed E-state index contributed by atoms with van der Waals surface area (Å²) in [5.41, 5.74) is 0.670. The van der Waals surface area contributed by atoms with Crippen LogP contribution in [0.4, 0.5) is 0 Å². The molecule has 0 heterocycles. The van der Waals surface area contributed by atoms with Crippen molar-refractivity contribution >= 4 is 5.96 Å². The largest absolute Gasteiger partial charge is 0.497 e. The van der Waals surface area contributed by atoms with E-state index in [1.54, 1.807) is 26.4 Å². The Kier molecular flexibility index (Phi) is 11.0. The number of methoxy groups -OCH3 is 2. The van der Waals surface area contributed by atoms with Gasteiger partial charge >= 0.3 is 0 Å². The van der Waals surface area contributed by atoms with Crippen LogP contribution in [0.15, 0.2) is 35.8 Å². The van der Waals surface area contributed by atoms with Crippen molar-refractivity contribution in [2.45, 2.75) is 38.7 Å². The maximum atomic E-state index is 10.6. The Morgan fingerprint density at radius 3 is 2.70 bits per heavy atom. The van der Waals surface area contributed by atoms with Crippen molar-refractivity contribution in [3.63, 3.8) is 0 Å². The first kappa shape index (κ1) is 22.8. The second-order valence-corrected chi connectivity index (χ2v) is 6.38. The van der Waals surface area contributed by atoms with Crippen LogP contribution in [0.5, 0.6) is 11.5 Å². The summed E-state index contributed by atoms with van der Waals surface area (Å²) in [5, 5.41) is 13.9. The van der Waals surface area contributed by atoms with Crippen molar-refractivity contribution in [1.29, 1.82) is 0 Å². The Morgan fingerprint density at radius 1 is 1.30 bits per heavy atom. The molecule has 0 bridgehead atoms. The molecular formula is C21H35N3O3. The minimum atomic E-state index is -0.773. The fourth-order valence-electron chi connectivity index (χ4n) is 2.76. The average Bonchev–Trinajstić information content (AvgIpc) is 2.69. The van der Waals surface area contributed by atoms with Gasteiger partial charge in [-0.25, -0.2) is 0 Å². The first-order valence-corrected chi connectivity index (χ1v) is 9.57. The van der Waals surface area contributed by atoms with Crippen LogP contribution in [-0.4, -0.2) is 56.9 Å². The Hall–Kier alpha value is -2.21. The van der Waals surface area contributed by atoms with E-state index in [2.05, 4.69) is 21.8 Å². The highest BCUT2D eigenvalue weighted by molar-refractivity contribution is 5.79. The summed E-state index contributed by atoms with van der Waals surface area (Å²) in [6.45, 7) is 7.73. The number of hydrogen-bond donors (Lipinski definition) is 2. The Labute approximate surface area is 163 Å². The number of aliphatic hydroxyl groups excluding tert-OH is 1. The molecule has 0 spiro atoms. The summed E-state index contributed by atoms with van der Waals surface area (Å²) >= 11 is 0. The Balaban J connectivity index is 2.74. The molecule has 0 radical (unpaired) electrons. The average molecular weight is 378 g/mol.